The van der Waals surface area contributed by atoms with Crippen molar-refractivity contribution in [2.45, 2.75) is 0 Å². The molecule has 10 rings (SSSR count). The number of hydrogen-bond donors (Lipinski definition) is 0. The van der Waals surface area contributed by atoms with E-state index in [0.717, 1.165) is 83.4 Å². The van der Waals surface area contributed by atoms with E-state index in [1.54, 1.807) is 0 Å². The summed E-state index contributed by atoms with van der Waals surface area (Å²) in [6.07, 6.45) is 3.66. The molecule has 7 aromatic carbocycles. The topological polar surface area (TPSA) is 51.8 Å². The number of rotatable bonds is 6. The molecule has 0 amide bonds. The third-order valence-electron chi connectivity index (χ3n) is 9.98. The van der Waals surface area contributed by atoms with Gasteiger partial charge in [-0.2, -0.15) is 0 Å². The van der Waals surface area contributed by atoms with Gasteiger partial charge >= 0.3 is 0 Å². The van der Waals surface area contributed by atoms with Crippen molar-refractivity contribution in [2.75, 3.05) is 0 Å². The number of aromatic nitrogens is 3. The fraction of sp³-hybridized carbons (Fsp3) is 0. The number of furan rings is 1. The van der Waals surface area contributed by atoms with Crippen LogP contribution in [-0.2, 0) is 0 Å². The van der Waals surface area contributed by atoms with E-state index in [4.69, 9.17) is 14.4 Å². The zero-order valence-corrected chi connectivity index (χ0v) is 28.6. The van der Waals surface area contributed by atoms with E-state index < -0.39 is 0 Å². The zero-order valence-electron chi connectivity index (χ0n) is 28.6. The summed E-state index contributed by atoms with van der Waals surface area (Å²) in [6.45, 7) is 0. The Balaban J connectivity index is 1.19. The van der Waals surface area contributed by atoms with Gasteiger partial charge in [-0.25, -0.2) is 9.97 Å². The molecule has 0 atom stereocenters. The van der Waals surface area contributed by atoms with Crippen LogP contribution in [0.1, 0.15) is 0 Å². The summed E-state index contributed by atoms with van der Waals surface area (Å²) in [5, 5.41) is 4.53. The van der Waals surface area contributed by atoms with E-state index in [0.29, 0.717) is 5.82 Å². The van der Waals surface area contributed by atoms with E-state index in [2.05, 4.69) is 126 Å². The van der Waals surface area contributed by atoms with Crippen LogP contribution in [-0.4, -0.2) is 15.0 Å². The van der Waals surface area contributed by atoms with Gasteiger partial charge in [-0.15, -0.1) is 0 Å². The van der Waals surface area contributed by atoms with Gasteiger partial charge < -0.3 is 4.42 Å². The number of hydrogen-bond acceptors (Lipinski definition) is 4. The average molecular weight is 678 g/mol. The first kappa shape index (κ1) is 30.6. The maximum absolute atomic E-state index is 6.29. The molecule has 0 saturated carbocycles. The molecule has 0 unspecified atom stereocenters. The van der Waals surface area contributed by atoms with E-state index in [9.17, 15) is 0 Å². The highest BCUT2D eigenvalue weighted by atomic mass is 16.3. The van der Waals surface area contributed by atoms with Gasteiger partial charge in [0.05, 0.1) is 11.4 Å². The van der Waals surface area contributed by atoms with Crippen LogP contribution in [0, 0.1) is 0 Å². The monoisotopic (exact) mass is 677 g/mol. The Hall–Kier alpha value is -7.17. The molecule has 0 bridgehead atoms. The smallest absolute Gasteiger partial charge is 0.160 e. The van der Waals surface area contributed by atoms with Gasteiger partial charge in [0.25, 0.3) is 0 Å². The molecule has 4 nitrogen and oxygen atoms in total. The van der Waals surface area contributed by atoms with Crippen LogP contribution < -0.4 is 0 Å². The molecule has 10 aromatic rings. The lowest BCUT2D eigenvalue weighted by Crippen LogP contribution is -1.97. The highest BCUT2D eigenvalue weighted by Crippen LogP contribution is 2.39. The first-order valence-electron chi connectivity index (χ1n) is 17.7. The summed E-state index contributed by atoms with van der Waals surface area (Å²) >= 11 is 0. The highest BCUT2D eigenvalue weighted by molar-refractivity contribution is 6.12. The first-order chi connectivity index (χ1) is 26.2. The summed E-state index contributed by atoms with van der Waals surface area (Å²) < 4.78 is 6.29. The van der Waals surface area contributed by atoms with E-state index >= 15 is 0 Å². The Morgan fingerprint density at radius 3 is 1.81 bits per heavy atom. The van der Waals surface area contributed by atoms with Crippen LogP contribution in [0.2, 0.25) is 0 Å². The SMILES string of the molecule is c1ccc(-c2nc(-c3cc(-c4ccc(-c5ccncc5)cc4)cc(-c4ccc5ccccc5c4)c3)cc(-c3cccc4oc5ccccc5c34)n2)cc1. The maximum Gasteiger partial charge on any atom is 0.160 e. The minimum atomic E-state index is 0.669. The van der Waals surface area contributed by atoms with Gasteiger partial charge in [0.1, 0.15) is 11.2 Å². The van der Waals surface area contributed by atoms with Crippen molar-refractivity contribution in [1.82, 2.24) is 15.0 Å². The van der Waals surface area contributed by atoms with Crippen LogP contribution in [0.15, 0.2) is 193 Å². The van der Waals surface area contributed by atoms with Gasteiger partial charge in [0, 0.05) is 39.9 Å². The van der Waals surface area contributed by atoms with Crippen molar-refractivity contribution < 1.29 is 4.42 Å². The summed E-state index contributed by atoms with van der Waals surface area (Å²) in [7, 11) is 0. The Labute approximate surface area is 306 Å². The molecule has 0 radical (unpaired) electrons. The highest BCUT2D eigenvalue weighted by Gasteiger charge is 2.18. The molecular weight excluding hydrogens is 647 g/mol. The van der Waals surface area contributed by atoms with Crippen molar-refractivity contribution in [1.29, 1.82) is 0 Å². The van der Waals surface area contributed by atoms with Crippen LogP contribution in [0.5, 0.6) is 0 Å². The molecule has 248 valence electrons. The standard InChI is InChI=1S/C49H31N3O/c1-2-10-36(11-3-1)49-51-44(31-45(52-49)42-14-8-16-47-48(42)43-13-6-7-15-46(43)53-47)41-29-39(34-19-17-33(18-20-34)35-23-25-50-26-24-35)28-40(30-41)38-22-21-32-9-4-5-12-37(32)27-38/h1-31H. The van der Waals surface area contributed by atoms with E-state index in [1.165, 1.54) is 10.8 Å². The summed E-state index contributed by atoms with van der Waals surface area (Å²) in [4.78, 5) is 14.7. The number of fused-ring (bicyclic) bond motifs is 4. The molecule has 53 heavy (non-hydrogen) atoms. The van der Waals surface area contributed by atoms with Crippen molar-refractivity contribution in [3.8, 4) is 67.3 Å². The third kappa shape index (κ3) is 5.73. The van der Waals surface area contributed by atoms with Crippen molar-refractivity contribution >= 4 is 32.7 Å². The second-order valence-electron chi connectivity index (χ2n) is 13.3. The Kier molecular flexibility index (Phi) is 7.43. The fourth-order valence-electron chi connectivity index (χ4n) is 7.31. The quantitative estimate of drug-likeness (QED) is 0.176. The molecule has 3 heterocycles. The van der Waals surface area contributed by atoms with Gasteiger partial charge in [0.15, 0.2) is 5.82 Å². The lowest BCUT2D eigenvalue weighted by atomic mass is 9.92. The molecule has 0 aliphatic heterocycles. The predicted octanol–water partition coefficient (Wildman–Crippen LogP) is 12.9. The largest absolute Gasteiger partial charge is 0.456 e. The van der Waals surface area contributed by atoms with E-state index in [1.807, 2.05) is 67.0 Å². The molecule has 0 fully saturated rings. The Morgan fingerprint density at radius 2 is 0.981 bits per heavy atom. The number of pyridine rings is 1. The van der Waals surface area contributed by atoms with Crippen molar-refractivity contribution in [3.05, 3.63) is 188 Å². The number of benzene rings is 7. The molecule has 3 aromatic heterocycles. The Bertz CT molecular complexity index is 2930. The average Bonchev–Trinajstić information content (AvgIpc) is 3.63. The number of nitrogens with zero attached hydrogens (tertiary/aromatic N) is 3. The van der Waals surface area contributed by atoms with Crippen molar-refractivity contribution in [2.24, 2.45) is 0 Å². The lowest BCUT2D eigenvalue weighted by Gasteiger charge is -2.14. The molecule has 4 heteroatoms. The minimum Gasteiger partial charge on any atom is -0.456 e. The molecule has 0 aliphatic rings. The summed E-state index contributed by atoms with van der Waals surface area (Å²) in [6, 6.07) is 61.6. The molecule has 0 aliphatic carbocycles. The minimum absolute atomic E-state index is 0.669. The maximum atomic E-state index is 6.29. The molecule has 0 spiro atoms. The second-order valence-corrected chi connectivity index (χ2v) is 13.3. The number of para-hydroxylation sites is 1. The zero-order chi connectivity index (χ0) is 35.1. The first-order valence-corrected chi connectivity index (χ1v) is 17.7. The van der Waals surface area contributed by atoms with Crippen LogP contribution >= 0.6 is 0 Å². The van der Waals surface area contributed by atoms with Crippen LogP contribution in [0.25, 0.3) is 100.0 Å². The fourth-order valence-corrected chi connectivity index (χ4v) is 7.31. The normalized spacial score (nSPS) is 11.4. The van der Waals surface area contributed by atoms with Crippen LogP contribution in [0.3, 0.4) is 0 Å². The van der Waals surface area contributed by atoms with E-state index in [-0.39, 0.29) is 0 Å². The summed E-state index contributed by atoms with van der Waals surface area (Å²) in [5.74, 6) is 0.669. The molecular formula is C49H31N3O. The van der Waals surface area contributed by atoms with Crippen molar-refractivity contribution in [3.63, 3.8) is 0 Å². The van der Waals surface area contributed by atoms with Gasteiger partial charge in [0.2, 0.25) is 0 Å². The second kappa shape index (κ2) is 12.9. The lowest BCUT2D eigenvalue weighted by molar-refractivity contribution is 0.669. The van der Waals surface area contributed by atoms with Gasteiger partial charge in [-0.3, -0.25) is 4.98 Å². The predicted molar refractivity (Wildman–Crippen MR) is 217 cm³/mol. The Morgan fingerprint density at radius 1 is 0.358 bits per heavy atom. The van der Waals surface area contributed by atoms with Crippen LogP contribution in [0.4, 0.5) is 0 Å². The molecule has 0 saturated heterocycles. The third-order valence-corrected chi connectivity index (χ3v) is 9.98. The summed E-state index contributed by atoms with van der Waals surface area (Å²) in [5.41, 5.74) is 13.1. The van der Waals surface area contributed by atoms with Gasteiger partial charge in [-0.1, -0.05) is 121 Å². The van der Waals surface area contributed by atoms with Gasteiger partial charge in [-0.05, 0) is 98.8 Å². The molecule has 0 N–H and O–H groups in total.